The molecular formula is C14H20N2O3. The number of nitrogens with one attached hydrogen (secondary N) is 1. The van der Waals surface area contributed by atoms with Gasteiger partial charge in [0.2, 0.25) is 5.91 Å². The van der Waals surface area contributed by atoms with Gasteiger partial charge in [-0.3, -0.25) is 14.5 Å². The number of rotatable bonds is 7. The Kier molecular flexibility index (Phi) is 6.02. The summed E-state index contributed by atoms with van der Waals surface area (Å²) in [6, 6.07) is 9.09. The maximum Gasteiger partial charge on any atom is 0.312 e. The van der Waals surface area contributed by atoms with Crippen LogP contribution in [0.25, 0.3) is 0 Å². The Labute approximate surface area is 113 Å². The van der Waals surface area contributed by atoms with Crippen molar-refractivity contribution in [3.63, 3.8) is 0 Å². The molecule has 0 saturated carbocycles. The van der Waals surface area contributed by atoms with Crippen LogP contribution in [0.3, 0.4) is 0 Å². The van der Waals surface area contributed by atoms with E-state index < -0.39 is 11.9 Å². The predicted molar refractivity (Wildman–Crippen MR) is 73.0 cm³/mol. The molecule has 0 aliphatic carbocycles. The van der Waals surface area contributed by atoms with Crippen LogP contribution in [0.1, 0.15) is 18.4 Å². The second kappa shape index (κ2) is 7.53. The Morgan fingerprint density at radius 2 is 1.95 bits per heavy atom. The van der Waals surface area contributed by atoms with Crippen LogP contribution in [0, 0.1) is 0 Å². The second-order valence-electron chi connectivity index (χ2n) is 4.30. The monoisotopic (exact) mass is 264 g/mol. The Morgan fingerprint density at radius 1 is 1.32 bits per heavy atom. The number of nitrogens with zero attached hydrogens (tertiary/aromatic N) is 1. The molecule has 0 radical (unpaired) electrons. The van der Waals surface area contributed by atoms with Gasteiger partial charge in [-0.1, -0.05) is 37.3 Å². The standard InChI is InChI=1S/C14H20N2O3/c1-3-16(10-13(17)15-2)9-12(14(18)19)11-7-5-4-6-8-11/h4-8,12H,3,9-10H2,1-2H3,(H,15,17)(H,18,19). The van der Waals surface area contributed by atoms with Crippen molar-refractivity contribution in [3.8, 4) is 0 Å². The van der Waals surface area contributed by atoms with E-state index in [2.05, 4.69) is 5.32 Å². The molecule has 1 aromatic rings. The van der Waals surface area contributed by atoms with Crippen LogP contribution in [-0.2, 0) is 9.59 Å². The highest BCUT2D eigenvalue weighted by molar-refractivity contribution is 5.78. The fraction of sp³-hybridized carbons (Fsp3) is 0.429. The highest BCUT2D eigenvalue weighted by Crippen LogP contribution is 2.17. The largest absolute Gasteiger partial charge is 0.481 e. The number of benzene rings is 1. The van der Waals surface area contributed by atoms with Crippen molar-refractivity contribution in [2.75, 3.05) is 26.7 Å². The molecule has 1 aromatic carbocycles. The summed E-state index contributed by atoms with van der Waals surface area (Å²) < 4.78 is 0. The van der Waals surface area contributed by atoms with Crippen LogP contribution < -0.4 is 5.32 Å². The molecule has 0 fully saturated rings. The first-order valence-electron chi connectivity index (χ1n) is 6.29. The van der Waals surface area contributed by atoms with Crippen molar-refractivity contribution in [3.05, 3.63) is 35.9 Å². The number of amides is 1. The zero-order chi connectivity index (χ0) is 14.3. The fourth-order valence-electron chi connectivity index (χ4n) is 1.86. The molecule has 0 aromatic heterocycles. The van der Waals surface area contributed by atoms with E-state index >= 15 is 0 Å². The quantitative estimate of drug-likeness (QED) is 0.768. The predicted octanol–water partition coefficient (Wildman–Crippen LogP) is 0.923. The van der Waals surface area contributed by atoms with E-state index in [1.807, 2.05) is 30.0 Å². The molecule has 1 amide bonds. The number of carboxylic acids is 1. The van der Waals surface area contributed by atoms with E-state index in [1.165, 1.54) is 0 Å². The summed E-state index contributed by atoms with van der Waals surface area (Å²) >= 11 is 0. The van der Waals surface area contributed by atoms with Crippen LogP contribution >= 0.6 is 0 Å². The Bertz CT molecular complexity index is 420. The fourth-order valence-corrected chi connectivity index (χ4v) is 1.86. The van der Waals surface area contributed by atoms with Crippen LogP contribution in [0.15, 0.2) is 30.3 Å². The van der Waals surface area contributed by atoms with Gasteiger partial charge in [0.15, 0.2) is 0 Å². The van der Waals surface area contributed by atoms with Gasteiger partial charge in [0, 0.05) is 13.6 Å². The number of likely N-dealkylation sites (N-methyl/N-ethyl adjacent to an activating group) is 2. The van der Waals surface area contributed by atoms with Gasteiger partial charge >= 0.3 is 5.97 Å². The van der Waals surface area contributed by atoms with E-state index in [0.717, 1.165) is 5.56 Å². The van der Waals surface area contributed by atoms with Crippen molar-refractivity contribution >= 4 is 11.9 Å². The lowest BCUT2D eigenvalue weighted by atomic mass is 9.98. The molecular weight excluding hydrogens is 244 g/mol. The van der Waals surface area contributed by atoms with E-state index in [0.29, 0.717) is 13.1 Å². The molecule has 2 N–H and O–H groups in total. The summed E-state index contributed by atoms with van der Waals surface area (Å²) in [5.74, 6) is -1.61. The molecule has 104 valence electrons. The lowest BCUT2D eigenvalue weighted by Crippen LogP contribution is -2.39. The highest BCUT2D eigenvalue weighted by Gasteiger charge is 2.23. The zero-order valence-corrected chi connectivity index (χ0v) is 11.3. The van der Waals surface area contributed by atoms with Gasteiger partial charge in [-0.25, -0.2) is 0 Å². The first kappa shape index (κ1) is 15.2. The molecule has 0 spiro atoms. The Balaban J connectivity index is 2.78. The van der Waals surface area contributed by atoms with Gasteiger partial charge in [0.05, 0.1) is 12.5 Å². The van der Waals surface area contributed by atoms with Crippen LogP contribution in [0.5, 0.6) is 0 Å². The highest BCUT2D eigenvalue weighted by atomic mass is 16.4. The molecule has 5 nitrogen and oxygen atoms in total. The molecule has 0 saturated heterocycles. The summed E-state index contributed by atoms with van der Waals surface area (Å²) in [6.07, 6.45) is 0. The third-order valence-electron chi connectivity index (χ3n) is 3.03. The van der Waals surface area contributed by atoms with Gasteiger partial charge in [-0.2, -0.15) is 0 Å². The van der Waals surface area contributed by atoms with E-state index in [4.69, 9.17) is 0 Å². The topological polar surface area (TPSA) is 69.6 Å². The Morgan fingerprint density at radius 3 is 2.42 bits per heavy atom. The number of carbonyl (C=O) groups excluding carboxylic acids is 1. The summed E-state index contributed by atoms with van der Waals surface area (Å²) in [7, 11) is 1.57. The smallest absolute Gasteiger partial charge is 0.312 e. The van der Waals surface area contributed by atoms with Gasteiger partial charge in [-0.05, 0) is 12.1 Å². The molecule has 0 heterocycles. The Hall–Kier alpha value is -1.88. The normalized spacial score (nSPS) is 12.2. The SMILES string of the molecule is CCN(CC(=O)NC)CC(C(=O)O)c1ccccc1. The molecule has 0 aliphatic heterocycles. The van der Waals surface area contributed by atoms with Crippen molar-refractivity contribution in [1.82, 2.24) is 10.2 Å². The van der Waals surface area contributed by atoms with Crippen LogP contribution in [0.4, 0.5) is 0 Å². The molecule has 0 bridgehead atoms. The van der Waals surface area contributed by atoms with Crippen LogP contribution in [0.2, 0.25) is 0 Å². The van der Waals surface area contributed by atoms with Crippen molar-refractivity contribution in [2.45, 2.75) is 12.8 Å². The molecule has 0 aliphatic rings. The minimum atomic E-state index is -0.874. The minimum Gasteiger partial charge on any atom is -0.481 e. The number of hydrogen-bond donors (Lipinski definition) is 2. The lowest BCUT2D eigenvalue weighted by molar-refractivity contribution is -0.139. The van der Waals surface area contributed by atoms with Gasteiger partial charge in [0.1, 0.15) is 0 Å². The maximum absolute atomic E-state index is 11.4. The molecule has 19 heavy (non-hydrogen) atoms. The molecule has 1 atom stereocenters. The van der Waals surface area contributed by atoms with Gasteiger partial charge in [0.25, 0.3) is 0 Å². The number of carbonyl (C=O) groups is 2. The zero-order valence-electron chi connectivity index (χ0n) is 11.3. The average Bonchev–Trinajstić information content (AvgIpc) is 2.43. The van der Waals surface area contributed by atoms with Gasteiger partial charge in [-0.15, -0.1) is 0 Å². The molecule has 1 unspecified atom stereocenters. The van der Waals surface area contributed by atoms with E-state index in [1.54, 1.807) is 19.2 Å². The number of aliphatic carboxylic acids is 1. The number of carboxylic acid groups (broad SMARTS) is 1. The second-order valence-corrected chi connectivity index (χ2v) is 4.30. The minimum absolute atomic E-state index is 0.112. The van der Waals surface area contributed by atoms with E-state index in [9.17, 15) is 14.7 Å². The lowest BCUT2D eigenvalue weighted by Gasteiger charge is -2.23. The maximum atomic E-state index is 11.4. The summed E-state index contributed by atoms with van der Waals surface area (Å²) in [5, 5.41) is 11.9. The summed E-state index contributed by atoms with van der Waals surface area (Å²) in [5.41, 5.74) is 0.755. The third-order valence-corrected chi connectivity index (χ3v) is 3.03. The van der Waals surface area contributed by atoms with Crippen molar-refractivity contribution in [1.29, 1.82) is 0 Å². The van der Waals surface area contributed by atoms with Crippen LogP contribution in [-0.4, -0.2) is 48.6 Å². The van der Waals surface area contributed by atoms with E-state index in [-0.39, 0.29) is 12.5 Å². The molecule has 1 rings (SSSR count). The van der Waals surface area contributed by atoms with Gasteiger partial charge < -0.3 is 10.4 Å². The van der Waals surface area contributed by atoms with Crippen molar-refractivity contribution < 1.29 is 14.7 Å². The first-order valence-corrected chi connectivity index (χ1v) is 6.29. The first-order chi connectivity index (χ1) is 9.08. The average molecular weight is 264 g/mol. The summed E-state index contributed by atoms with van der Waals surface area (Å²) in [6.45, 7) is 3.07. The van der Waals surface area contributed by atoms with Crippen molar-refractivity contribution in [2.24, 2.45) is 0 Å². The third kappa shape index (κ3) is 4.71. The number of hydrogen-bond acceptors (Lipinski definition) is 3. The molecule has 5 heteroatoms. The summed E-state index contributed by atoms with van der Waals surface area (Å²) in [4.78, 5) is 24.6.